The number of phenols is 1. The van der Waals surface area contributed by atoms with Crippen molar-refractivity contribution in [1.82, 2.24) is 4.98 Å². The van der Waals surface area contributed by atoms with E-state index in [1.54, 1.807) is 24.4 Å². The summed E-state index contributed by atoms with van der Waals surface area (Å²) in [5.41, 5.74) is 5.55. The number of anilines is 1. The molecule has 0 aliphatic rings. The van der Waals surface area contributed by atoms with Crippen molar-refractivity contribution in [3.05, 3.63) is 58.4 Å². The Kier molecular flexibility index (Phi) is 4.98. The van der Waals surface area contributed by atoms with Crippen molar-refractivity contribution < 1.29 is 9.84 Å². The van der Waals surface area contributed by atoms with Crippen LogP contribution in [-0.2, 0) is 0 Å². The predicted octanol–water partition coefficient (Wildman–Crippen LogP) is 4.62. The lowest BCUT2D eigenvalue weighted by atomic mass is 10.2. The number of rotatable bonds is 5. The molecule has 1 heterocycles. The molecule has 24 heavy (non-hydrogen) atoms. The molecule has 0 aliphatic heterocycles. The number of aromatic nitrogens is 1. The van der Waals surface area contributed by atoms with E-state index in [0.29, 0.717) is 15.9 Å². The number of aromatic hydroxyl groups is 1. The van der Waals surface area contributed by atoms with Crippen molar-refractivity contribution in [2.75, 3.05) is 12.5 Å². The van der Waals surface area contributed by atoms with Crippen molar-refractivity contribution in [2.24, 2.45) is 5.10 Å². The first-order valence-corrected chi connectivity index (χ1v) is 8.29. The number of hydrogen-bond acceptors (Lipinski definition) is 6. The Bertz CT molecular complexity index is 863. The van der Waals surface area contributed by atoms with Crippen LogP contribution in [0.25, 0.3) is 11.3 Å². The second-order valence-corrected chi connectivity index (χ2v) is 6.14. The highest BCUT2D eigenvalue weighted by Gasteiger charge is 2.04. The van der Waals surface area contributed by atoms with Gasteiger partial charge < -0.3 is 9.84 Å². The highest BCUT2D eigenvalue weighted by Crippen LogP contribution is 2.27. The lowest BCUT2D eigenvalue weighted by Crippen LogP contribution is -1.91. The quantitative estimate of drug-likeness (QED) is 0.515. The molecule has 0 amide bonds. The average Bonchev–Trinajstić information content (AvgIpc) is 3.06. The molecule has 3 aromatic rings. The monoisotopic (exact) mass is 359 g/mol. The van der Waals surface area contributed by atoms with Crippen LogP contribution in [0.3, 0.4) is 0 Å². The Morgan fingerprint density at radius 2 is 2.04 bits per heavy atom. The third kappa shape index (κ3) is 3.84. The van der Waals surface area contributed by atoms with Gasteiger partial charge in [0.15, 0.2) is 11.5 Å². The van der Waals surface area contributed by atoms with Crippen molar-refractivity contribution >= 4 is 34.3 Å². The van der Waals surface area contributed by atoms with Crippen LogP contribution in [0.5, 0.6) is 11.5 Å². The summed E-state index contributed by atoms with van der Waals surface area (Å²) in [6.45, 7) is 0. The van der Waals surface area contributed by atoms with E-state index in [1.165, 1.54) is 18.4 Å². The molecule has 0 radical (unpaired) electrons. The summed E-state index contributed by atoms with van der Waals surface area (Å²) in [5, 5.41) is 17.0. The standard InChI is InChI=1S/C17H14ClN3O2S/c1-23-16-8-11(2-7-15(16)22)9-19-21-17-20-14(10-24-17)12-3-5-13(18)6-4-12/h2-10,22H,1H3,(H,20,21). The van der Waals surface area contributed by atoms with Crippen molar-refractivity contribution in [2.45, 2.75) is 0 Å². The van der Waals surface area contributed by atoms with Gasteiger partial charge in [0.05, 0.1) is 19.0 Å². The Morgan fingerprint density at radius 1 is 1.25 bits per heavy atom. The zero-order valence-electron chi connectivity index (χ0n) is 12.7. The minimum atomic E-state index is 0.0927. The fraction of sp³-hybridized carbons (Fsp3) is 0.0588. The molecule has 0 spiro atoms. The molecule has 0 saturated heterocycles. The number of methoxy groups -OCH3 is 1. The lowest BCUT2D eigenvalue weighted by molar-refractivity contribution is 0.373. The summed E-state index contributed by atoms with van der Waals surface area (Å²) in [4.78, 5) is 4.48. The van der Waals surface area contributed by atoms with Gasteiger partial charge in [0.2, 0.25) is 5.13 Å². The summed E-state index contributed by atoms with van der Waals surface area (Å²) in [5.74, 6) is 0.494. The fourth-order valence-electron chi connectivity index (χ4n) is 2.01. The molecule has 0 bridgehead atoms. The topological polar surface area (TPSA) is 66.7 Å². The van der Waals surface area contributed by atoms with Gasteiger partial charge in [-0.15, -0.1) is 11.3 Å². The Hall–Kier alpha value is -2.57. The summed E-state index contributed by atoms with van der Waals surface area (Å²) >= 11 is 7.35. The molecule has 1 aromatic heterocycles. The molecule has 0 unspecified atom stereocenters. The number of nitrogens with one attached hydrogen (secondary N) is 1. The molecule has 2 aromatic carbocycles. The van der Waals surface area contributed by atoms with Crippen molar-refractivity contribution in [1.29, 1.82) is 0 Å². The molecule has 0 saturated carbocycles. The van der Waals surface area contributed by atoms with E-state index in [2.05, 4.69) is 15.5 Å². The maximum absolute atomic E-state index is 9.56. The van der Waals surface area contributed by atoms with Crippen LogP contribution in [0, 0.1) is 0 Å². The minimum Gasteiger partial charge on any atom is -0.504 e. The van der Waals surface area contributed by atoms with E-state index >= 15 is 0 Å². The number of hydrazone groups is 1. The summed E-state index contributed by atoms with van der Waals surface area (Å²) in [7, 11) is 1.50. The molecule has 2 N–H and O–H groups in total. The summed E-state index contributed by atoms with van der Waals surface area (Å²) < 4.78 is 5.06. The normalized spacial score (nSPS) is 10.9. The van der Waals surface area contributed by atoms with Crippen LogP contribution in [0.1, 0.15) is 5.56 Å². The molecule has 3 rings (SSSR count). The second-order valence-electron chi connectivity index (χ2n) is 4.85. The molecule has 122 valence electrons. The number of hydrogen-bond donors (Lipinski definition) is 2. The Balaban J connectivity index is 1.68. The van der Waals surface area contributed by atoms with Gasteiger partial charge in [-0.1, -0.05) is 23.7 Å². The van der Waals surface area contributed by atoms with Gasteiger partial charge in [0, 0.05) is 16.0 Å². The second kappa shape index (κ2) is 7.33. The zero-order valence-corrected chi connectivity index (χ0v) is 14.3. The molecule has 7 heteroatoms. The first-order chi connectivity index (χ1) is 11.7. The number of ether oxygens (including phenoxy) is 1. The predicted molar refractivity (Wildman–Crippen MR) is 98.4 cm³/mol. The average molecular weight is 360 g/mol. The molecular weight excluding hydrogens is 346 g/mol. The first-order valence-electron chi connectivity index (χ1n) is 7.03. The van der Waals surface area contributed by atoms with Crippen LogP contribution in [0.4, 0.5) is 5.13 Å². The van der Waals surface area contributed by atoms with Crippen molar-refractivity contribution in [3.8, 4) is 22.8 Å². The molecule has 5 nitrogen and oxygen atoms in total. The van der Waals surface area contributed by atoms with Crippen LogP contribution in [0.2, 0.25) is 5.02 Å². The lowest BCUT2D eigenvalue weighted by Gasteiger charge is -2.03. The van der Waals surface area contributed by atoms with Gasteiger partial charge >= 0.3 is 0 Å². The summed E-state index contributed by atoms with van der Waals surface area (Å²) in [6.07, 6.45) is 1.63. The maximum atomic E-state index is 9.56. The largest absolute Gasteiger partial charge is 0.504 e. The van der Waals surface area contributed by atoms with E-state index in [1.807, 2.05) is 29.6 Å². The van der Waals surface area contributed by atoms with Gasteiger partial charge in [0.25, 0.3) is 0 Å². The van der Waals surface area contributed by atoms with E-state index in [9.17, 15) is 5.11 Å². The number of halogens is 1. The SMILES string of the molecule is COc1cc(C=NNc2nc(-c3ccc(Cl)cc3)cs2)ccc1O. The maximum Gasteiger partial charge on any atom is 0.203 e. The molecule has 0 fully saturated rings. The number of nitrogens with zero attached hydrogens (tertiary/aromatic N) is 2. The van der Waals surface area contributed by atoms with Gasteiger partial charge in [-0.25, -0.2) is 4.98 Å². The van der Waals surface area contributed by atoms with E-state index in [4.69, 9.17) is 16.3 Å². The zero-order chi connectivity index (χ0) is 16.9. The van der Waals surface area contributed by atoms with Gasteiger partial charge in [-0.2, -0.15) is 5.10 Å². The Labute approximate surface area is 148 Å². The van der Waals surface area contributed by atoms with Gasteiger partial charge in [-0.3, -0.25) is 5.43 Å². The van der Waals surface area contributed by atoms with Crippen molar-refractivity contribution in [3.63, 3.8) is 0 Å². The van der Waals surface area contributed by atoms with Gasteiger partial charge in [0.1, 0.15) is 0 Å². The molecular formula is C17H14ClN3O2S. The van der Waals surface area contributed by atoms with Crippen LogP contribution < -0.4 is 10.2 Å². The minimum absolute atomic E-state index is 0.0927. The molecule has 0 atom stereocenters. The van der Waals surface area contributed by atoms with E-state index in [0.717, 1.165) is 16.8 Å². The fourth-order valence-corrected chi connectivity index (χ4v) is 2.81. The number of benzene rings is 2. The third-order valence-corrected chi connectivity index (χ3v) is 4.22. The number of phenolic OH excluding ortho intramolecular Hbond substituents is 1. The molecule has 0 aliphatic carbocycles. The van der Waals surface area contributed by atoms with Gasteiger partial charge in [-0.05, 0) is 35.9 Å². The van der Waals surface area contributed by atoms with E-state index < -0.39 is 0 Å². The van der Waals surface area contributed by atoms with E-state index in [-0.39, 0.29) is 5.75 Å². The van der Waals surface area contributed by atoms with Crippen LogP contribution >= 0.6 is 22.9 Å². The Morgan fingerprint density at radius 3 is 2.79 bits per heavy atom. The van der Waals surface area contributed by atoms with Crippen LogP contribution in [0.15, 0.2) is 52.9 Å². The first kappa shape index (κ1) is 16.3. The smallest absolute Gasteiger partial charge is 0.203 e. The third-order valence-electron chi connectivity index (χ3n) is 3.22. The van der Waals surface area contributed by atoms with Crippen LogP contribution in [-0.4, -0.2) is 23.4 Å². The number of thiazole rings is 1. The summed E-state index contributed by atoms with van der Waals surface area (Å²) in [6, 6.07) is 12.5. The highest BCUT2D eigenvalue weighted by atomic mass is 35.5. The highest BCUT2D eigenvalue weighted by molar-refractivity contribution is 7.14.